The number of anilines is 1. The molecule has 1 unspecified atom stereocenters. The van der Waals surface area contributed by atoms with Crippen LogP contribution in [0.5, 0.6) is 0 Å². The minimum Gasteiger partial charge on any atom is -0.326 e. The Bertz CT molecular complexity index is 1030. The minimum atomic E-state index is -0.484. The maximum Gasteiger partial charge on any atom is 0.240 e. The van der Waals surface area contributed by atoms with Crippen LogP contribution in [0.15, 0.2) is 77.8 Å². The van der Waals surface area contributed by atoms with Crippen molar-refractivity contribution in [2.75, 3.05) is 5.32 Å². The molecule has 2 N–H and O–H groups in total. The third-order valence-electron chi connectivity index (χ3n) is 4.19. The van der Waals surface area contributed by atoms with Gasteiger partial charge in [-0.05, 0) is 23.6 Å². The topological polar surface area (TPSA) is 70.6 Å². The first-order chi connectivity index (χ1) is 13.2. The fraction of sp³-hybridized carbons (Fsp3) is 0.0952. The summed E-state index contributed by atoms with van der Waals surface area (Å²) in [5.41, 5.74) is 1.51. The fourth-order valence-corrected chi connectivity index (χ4v) is 3.89. The molecule has 27 heavy (non-hydrogen) atoms. The maximum absolute atomic E-state index is 12.2. The van der Waals surface area contributed by atoms with Crippen LogP contribution in [-0.4, -0.2) is 22.2 Å². The number of carbonyl (C=O) groups is 2. The van der Waals surface area contributed by atoms with Crippen LogP contribution in [0.3, 0.4) is 0 Å². The van der Waals surface area contributed by atoms with Gasteiger partial charge in [0.2, 0.25) is 11.8 Å². The number of amidine groups is 1. The number of hydrogen-bond acceptors (Lipinski definition) is 4. The quantitative estimate of drug-likeness (QED) is 0.722. The molecular formula is C21H17N3O2S. The van der Waals surface area contributed by atoms with Crippen molar-refractivity contribution in [1.29, 1.82) is 0 Å². The van der Waals surface area contributed by atoms with Crippen LogP contribution in [-0.2, 0) is 9.59 Å². The maximum atomic E-state index is 12.2. The molecule has 4 rings (SSSR count). The summed E-state index contributed by atoms with van der Waals surface area (Å²) in [6.45, 7) is 0. The van der Waals surface area contributed by atoms with Crippen LogP contribution in [0, 0.1) is 0 Å². The summed E-state index contributed by atoms with van der Waals surface area (Å²) in [5, 5.41) is 7.74. The Morgan fingerprint density at radius 1 is 1.00 bits per heavy atom. The molecule has 134 valence electrons. The zero-order valence-corrected chi connectivity index (χ0v) is 15.2. The second kappa shape index (κ2) is 7.63. The zero-order chi connectivity index (χ0) is 18.6. The van der Waals surface area contributed by atoms with Gasteiger partial charge < -0.3 is 10.6 Å². The summed E-state index contributed by atoms with van der Waals surface area (Å²) >= 11 is 1.29. The van der Waals surface area contributed by atoms with Crippen molar-refractivity contribution in [3.8, 4) is 0 Å². The third kappa shape index (κ3) is 4.01. The molecule has 0 aliphatic carbocycles. The zero-order valence-electron chi connectivity index (χ0n) is 14.4. The Morgan fingerprint density at radius 2 is 1.74 bits per heavy atom. The normalized spacial score (nSPS) is 17.9. The molecule has 0 spiro atoms. The lowest BCUT2D eigenvalue weighted by Crippen LogP contribution is -2.28. The highest BCUT2D eigenvalue weighted by molar-refractivity contribution is 8.15. The van der Waals surface area contributed by atoms with E-state index in [1.807, 2.05) is 72.8 Å². The van der Waals surface area contributed by atoms with Gasteiger partial charge in [0.25, 0.3) is 0 Å². The number of nitrogens with zero attached hydrogens (tertiary/aromatic N) is 1. The van der Waals surface area contributed by atoms with Crippen molar-refractivity contribution < 1.29 is 9.59 Å². The second-order valence-corrected chi connectivity index (χ2v) is 7.32. The molecule has 0 bridgehead atoms. The smallest absolute Gasteiger partial charge is 0.240 e. The average molecular weight is 375 g/mol. The summed E-state index contributed by atoms with van der Waals surface area (Å²) in [4.78, 5) is 29.0. The van der Waals surface area contributed by atoms with E-state index in [9.17, 15) is 9.59 Å². The Labute approximate surface area is 160 Å². The van der Waals surface area contributed by atoms with Crippen LogP contribution in [0.25, 0.3) is 10.8 Å². The third-order valence-corrected chi connectivity index (χ3v) is 5.28. The Morgan fingerprint density at radius 3 is 2.59 bits per heavy atom. The number of nitrogens with one attached hydrogen (secondary N) is 2. The summed E-state index contributed by atoms with van der Waals surface area (Å²) in [5.74, 6) is -0.387. The molecular weight excluding hydrogens is 358 g/mol. The van der Waals surface area contributed by atoms with Gasteiger partial charge in [0, 0.05) is 17.5 Å². The second-order valence-electron chi connectivity index (χ2n) is 6.13. The van der Waals surface area contributed by atoms with E-state index < -0.39 is 5.25 Å². The number of benzene rings is 3. The molecule has 0 saturated carbocycles. The molecule has 1 fully saturated rings. The van der Waals surface area contributed by atoms with Gasteiger partial charge in [0.15, 0.2) is 5.17 Å². The Kier molecular flexibility index (Phi) is 4.89. The standard InChI is InChI=1S/C21H17N3O2S/c25-19(22-15-9-2-1-3-10-15)13-18-20(26)24-21(27-18)23-17-12-6-8-14-7-4-5-11-16(14)17/h1-12,18H,13H2,(H,22,25)(H,23,24,26). The van der Waals surface area contributed by atoms with Crippen LogP contribution >= 0.6 is 11.8 Å². The number of amides is 2. The minimum absolute atomic E-state index is 0.0972. The van der Waals surface area contributed by atoms with Crippen molar-refractivity contribution in [2.45, 2.75) is 11.7 Å². The molecule has 3 aromatic rings. The summed E-state index contributed by atoms with van der Waals surface area (Å²) < 4.78 is 0. The molecule has 1 heterocycles. The van der Waals surface area contributed by atoms with E-state index in [0.29, 0.717) is 5.17 Å². The van der Waals surface area contributed by atoms with E-state index in [0.717, 1.165) is 22.1 Å². The number of aliphatic imine (C=N–C) groups is 1. The van der Waals surface area contributed by atoms with Crippen molar-refractivity contribution in [3.05, 3.63) is 72.8 Å². The summed E-state index contributed by atoms with van der Waals surface area (Å²) in [7, 11) is 0. The van der Waals surface area contributed by atoms with E-state index in [1.165, 1.54) is 11.8 Å². The molecule has 3 aromatic carbocycles. The predicted molar refractivity (Wildman–Crippen MR) is 110 cm³/mol. The van der Waals surface area contributed by atoms with E-state index in [1.54, 1.807) is 0 Å². The molecule has 1 saturated heterocycles. The number of carbonyl (C=O) groups excluding carboxylic acids is 2. The van der Waals surface area contributed by atoms with Crippen LogP contribution in [0.1, 0.15) is 6.42 Å². The number of hydrogen-bond donors (Lipinski definition) is 2. The van der Waals surface area contributed by atoms with Crippen LogP contribution in [0.4, 0.5) is 11.4 Å². The highest BCUT2D eigenvalue weighted by Gasteiger charge is 2.32. The first-order valence-corrected chi connectivity index (χ1v) is 9.46. The lowest BCUT2D eigenvalue weighted by atomic mass is 10.1. The average Bonchev–Trinajstić information content (AvgIpc) is 3.01. The SMILES string of the molecule is O=C(CC1SC(=Nc2cccc3ccccc23)NC1=O)Nc1ccccc1. The Balaban J connectivity index is 1.47. The summed E-state index contributed by atoms with van der Waals surface area (Å²) in [6, 6.07) is 23.0. The number of para-hydroxylation sites is 1. The van der Waals surface area contributed by atoms with Gasteiger partial charge >= 0.3 is 0 Å². The molecule has 2 amide bonds. The molecule has 0 radical (unpaired) electrons. The number of fused-ring (bicyclic) bond motifs is 1. The lowest BCUT2D eigenvalue weighted by Gasteiger charge is -2.07. The highest BCUT2D eigenvalue weighted by atomic mass is 32.2. The molecule has 1 aliphatic rings. The first kappa shape index (κ1) is 17.3. The van der Waals surface area contributed by atoms with E-state index in [4.69, 9.17) is 0 Å². The van der Waals surface area contributed by atoms with Gasteiger partial charge in [0.1, 0.15) is 5.25 Å². The molecule has 5 nitrogen and oxygen atoms in total. The summed E-state index contributed by atoms with van der Waals surface area (Å²) in [6.07, 6.45) is 0.0972. The van der Waals surface area contributed by atoms with Crippen molar-refractivity contribution in [1.82, 2.24) is 5.32 Å². The Hall–Kier alpha value is -3.12. The van der Waals surface area contributed by atoms with Crippen molar-refractivity contribution in [3.63, 3.8) is 0 Å². The largest absolute Gasteiger partial charge is 0.326 e. The highest BCUT2D eigenvalue weighted by Crippen LogP contribution is 2.29. The first-order valence-electron chi connectivity index (χ1n) is 8.58. The van der Waals surface area contributed by atoms with Gasteiger partial charge in [-0.25, -0.2) is 4.99 Å². The lowest BCUT2D eigenvalue weighted by molar-refractivity contribution is -0.122. The van der Waals surface area contributed by atoms with Crippen LogP contribution in [0.2, 0.25) is 0 Å². The van der Waals surface area contributed by atoms with Gasteiger partial charge in [-0.2, -0.15) is 0 Å². The van der Waals surface area contributed by atoms with E-state index >= 15 is 0 Å². The van der Waals surface area contributed by atoms with Gasteiger partial charge in [0.05, 0.1) is 5.69 Å². The van der Waals surface area contributed by atoms with Gasteiger partial charge in [-0.1, -0.05) is 66.4 Å². The van der Waals surface area contributed by atoms with Crippen molar-refractivity contribution in [2.24, 2.45) is 4.99 Å². The fourth-order valence-electron chi connectivity index (χ4n) is 2.91. The van der Waals surface area contributed by atoms with Crippen LogP contribution < -0.4 is 10.6 Å². The number of thioether (sulfide) groups is 1. The van der Waals surface area contributed by atoms with Gasteiger partial charge in [-0.15, -0.1) is 0 Å². The molecule has 1 atom stereocenters. The molecule has 0 aromatic heterocycles. The van der Waals surface area contributed by atoms with Crippen molar-refractivity contribution >= 4 is 50.9 Å². The number of rotatable bonds is 4. The monoisotopic (exact) mass is 375 g/mol. The molecule has 1 aliphatic heterocycles. The van der Waals surface area contributed by atoms with E-state index in [-0.39, 0.29) is 18.2 Å². The van der Waals surface area contributed by atoms with Gasteiger partial charge in [-0.3, -0.25) is 9.59 Å². The molecule has 6 heteroatoms. The van der Waals surface area contributed by atoms with E-state index in [2.05, 4.69) is 15.6 Å². The predicted octanol–water partition coefficient (Wildman–Crippen LogP) is 4.09.